The van der Waals surface area contributed by atoms with Gasteiger partial charge in [0.15, 0.2) is 5.11 Å². The summed E-state index contributed by atoms with van der Waals surface area (Å²) in [6.45, 7) is 7.41. The highest BCUT2D eigenvalue weighted by Gasteiger charge is 2.14. The van der Waals surface area contributed by atoms with Gasteiger partial charge in [-0.05, 0) is 63.2 Å². The molecule has 3 N–H and O–H groups in total. The van der Waals surface area contributed by atoms with E-state index in [1.54, 1.807) is 19.9 Å². The Kier molecular flexibility index (Phi) is 5.28. The molecule has 122 valence electrons. The van der Waals surface area contributed by atoms with Crippen LogP contribution in [0.2, 0.25) is 5.02 Å². The second-order valence-electron chi connectivity index (χ2n) is 5.30. The number of benzene rings is 1. The predicted octanol–water partition coefficient (Wildman–Crippen LogP) is 3.80. The summed E-state index contributed by atoms with van der Waals surface area (Å²) < 4.78 is 5.33. The van der Waals surface area contributed by atoms with E-state index in [1.165, 1.54) is 0 Å². The first kappa shape index (κ1) is 17.3. The van der Waals surface area contributed by atoms with Crippen LogP contribution in [0.5, 0.6) is 0 Å². The minimum absolute atomic E-state index is 0.241. The second kappa shape index (κ2) is 7.02. The molecule has 0 aliphatic carbocycles. The number of aryl methyl sites for hydroxylation is 4. The number of carbonyl (C=O) groups is 1. The number of furan rings is 1. The van der Waals surface area contributed by atoms with E-state index < -0.39 is 0 Å². The van der Waals surface area contributed by atoms with Crippen molar-refractivity contribution >= 4 is 40.5 Å². The van der Waals surface area contributed by atoms with Crippen molar-refractivity contribution in [3.63, 3.8) is 0 Å². The van der Waals surface area contributed by atoms with E-state index in [-0.39, 0.29) is 11.0 Å². The zero-order valence-electron chi connectivity index (χ0n) is 13.3. The number of anilines is 1. The van der Waals surface area contributed by atoms with Crippen LogP contribution < -0.4 is 16.2 Å². The van der Waals surface area contributed by atoms with Crippen LogP contribution in [0.3, 0.4) is 0 Å². The first-order valence-electron chi connectivity index (χ1n) is 6.99. The lowest BCUT2D eigenvalue weighted by Gasteiger charge is -2.15. The van der Waals surface area contributed by atoms with Gasteiger partial charge in [0, 0.05) is 0 Å². The van der Waals surface area contributed by atoms with Crippen LogP contribution in [-0.4, -0.2) is 11.0 Å². The van der Waals surface area contributed by atoms with Crippen molar-refractivity contribution < 1.29 is 9.21 Å². The molecule has 7 heteroatoms. The third-order valence-corrected chi connectivity index (χ3v) is 3.75. The van der Waals surface area contributed by atoms with Gasteiger partial charge >= 0.3 is 0 Å². The highest BCUT2D eigenvalue weighted by atomic mass is 35.5. The van der Waals surface area contributed by atoms with Gasteiger partial charge < -0.3 is 9.73 Å². The van der Waals surface area contributed by atoms with Crippen molar-refractivity contribution in [1.82, 2.24) is 10.9 Å². The van der Waals surface area contributed by atoms with Crippen molar-refractivity contribution in [3.05, 3.63) is 51.4 Å². The summed E-state index contributed by atoms with van der Waals surface area (Å²) in [5, 5.41) is 3.79. The van der Waals surface area contributed by atoms with Gasteiger partial charge in [-0.2, -0.15) is 0 Å². The molecule has 2 aromatic rings. The molecule has 0 aliphatic heterocycles. The number of rotatable bonds is 2. The molecule has 0 radical (unpaired) electrons. The average Bonchev–Trinajstić information content (AvgIpc) is 2.79. The molecule has 2 rings (SSSR count). The van der Waals surface area contributed by atoms with Crippen molar-refractivity contribution in [1.29, 1.82) is 0 Å². The smallest absolute Gasteiger partial charge is 0.273 e. The van der Waals surface area contributed by atoms with Crippen LogP contribution in [0.25, 0.3) is 0 Å². The molecule has 0 unspecified atom stereocenters. The summed E-state index contributed by atoms with van der Waals surface area (Å²) >= 11 is 11.4. The van der Waals surface area contributed by atoms with Crippen LogP contribution in [-0.2, 0) is 0 Å². The fourth-order valence-electron chi connectivity index (χ4n) is 2.26. The molecule has 0 fully saturated rings. The SMILES string of the molecule is Cc1cc(C)c(NC(=S)NNC(=O)c2cc(C)oc2C)c(Cl)c1. The van der Waals surface area contributed by atoms with Crippen molar-refractivity contribution in [2.45, 2.75) is 27.7 Å². The van der Waals surface area contributed by atoms with Crippen LogP contribution in [0.15, 0.2) is 22.6 Å². The fraction of sp³-hybridized carbons (Fsp3) is 0.250. The van der Waals surface area contributed by atoms with Gasteiger partial charge in [-0.25, -0.2) is 0 Å². The Bertz CT molecular complexity index is 748. The summed E-state index contributed by atoms with van der Waals surface area (Å²) in [5.41, 5.74) is 8.38. The first-order chi connectivity index (χ1) is 10.8. The van der Waals surface area contributed by atoms with Crippen molar-refractivity contribution in [2.24, 2.45) is 0 Å². The standard InChI is InChI=1S/C16H18ClN3O2S/c1-8-5-9(2)14(13(17)6-8)18-16(23)20-19-15(21)12-7-10(3)22-11(12)4/h5-7H,1-4H3,(H,19,21)(H2,18,20,23). The third-order valence-electron chi connectivity index (χ3n) is 3.25. The number of hydrogen-bond donors (Lipinski definition) is 3. The number of halogens is 1. The lowest BCUT2D eigenvalue weighted by atomic mass is 10.1. The maximum absolute atomic E-state index is 12.1. The minimum atomic E-state index is -0.324. The van der Waals surface area contributed by atoms with E-state index >= 15 is 0 Å². The normalized spacial score (nSPS) is 10.3. The van der Waals surface area contributed by atoms with E-state index in [0.29, 0.717) is 27.8 Å². The molecule has 0 aliphatic rings. The maximum atomic E-state index is 12.1. The summed E-state index contributed by atoms with van der Waals surface area (Å²) in [6.07, 6.45) is 0. The van der Waals surface area contributed by atoms with E-state index in [0.717, 1.165) is 11.1 Å². The minimum Gasteiger partial charge on any atom is -0.466 e. The topological polar surface area (TPSA) is 66.3 Å². The molecular weight excluding hydrogens is 334 g/mol. The Labute approximate surface area is 145 Å². The Morgan fingerprint density at radius 2 is 1.83 bits per heavy atom. The zero-order valence-corrected chi connectivity index (χ0v) is 14.9. The fourth-order valence-corrected chi connectivity index (χ4v) is 2.78. The third kappa shape index (κ3) is 4.24. The van der Waals surface area contributed by atoms with Gasteiger partial charge in [0.1, 0.15) is 11.5 Å². The van der Waals surface area contributed by atoms with Crippen molar-refractivity contribution in [3.8, 4) is 0 Å². The Morgan fingerprint density at radius 3 is 2.39 bits per heavy atom. The summed E-state index contributed by atoms with van der Waals surface area (Å²) in [6, 6.07) is 5.51. The molecule has 1 aromatic heterocycles. The lowest BCUT2D eigenvalue weighted by molar-refractivity contribution is 0.0942. The van der Waals surface area contributed by atoms with Gasteiger partial charge in [-0.15, -0.1) is 0 Å². The lowest BCUT2D eigenvalue weighted by Crippen LogP contribution is -2.44. The van der Waals surface area contributed by atoms with Gasteiger partial charge in [0.25, 0.3) is 5.91 Å². The molecule has 23 heavy (non-hydrogen) atoms. The number of hydrazine groups is 1. The number of nitrogens with one attached hydrogen (secondary N) is 3. The summed E-state index contributed by atoms with van der Waals surface area (Å²) in [4.78, 5) is 12.1. The van der Waals surface area contributed by atoms with Crippen LogP contribution in [0.1, 0.15) is 33.0 Å². The van der Waals surface area contributed by atoms with E-state index in [2.05, 4.69) is 16.2 Å². The molecule has 0 saturated carbocycles. The molecule has 0 saturated heterocycles. The van der Waals surface area contributed by atoms with E-state index in [1.807, 2.05) is 26.0 Å². The Hall–Kier alpha value is -2.05. The Balaban J connectivity index is 1.98. The molecule has 0 bridgehead atoms. The second-order valence-corrected chi connectivity index (χ2v) is 6.11. The highest BCUT2D eigenvalue weighted by Crippen LogP contribution is 2.27. The van der Waals surface area contributed by atoms with Crippen LogP contribution in [0, 0.1) is 27.7 Å². The quantitative estimate of drug-likeness (QED) is 0.567. The monoisotopic (exact) mass is 351 g/mol. The molecular formula is C16H18ClN3O2S. The molecule has 1 amide bonds. The summed E-state index contributed by atoms with van der Waals surface area (Å²) in [7, 11) is 0. The molecule has 5 nitrogen and oxygen atoms in total. The molecule has 1 aromatic carbocycles. The van der Waals surface area contributed by atoms with E-state index in [4.69, 9.17) is 28.2 Å². The maximum Gasteiger partial charge on any atom is 0.273 e. The van der Waals surface area contributed by atoms with Gasteiger partial charge in [0.05, 0.1) is 16.3 Å². The molecule has 1 heterocycles. The van der Waals surface area contributed by atoms with Gasteiger partial charge in [0.2, 0.25) is 0 Å². The van der Waals surface area contributed by atoms with E-state index in [9.17, 15) is 4.79 Å². The average molecular weight is 352 g/mol. The first-order valence-corrected chi connectivity index (χ1v) is 7.77. The summed E-state index contributed by atoms with van der Waals surface area (Å²) in [5.74, 6) is 0.906. The highest BCUT2D eigenvalue weighted by molar-refractivity contribution is 7.80. The number of amides is 1. The number of hydrogen-bond acceptors (Lipinski definition) is 3. The molecule has 0 spiro atoms. The zero-order chi connectivity index (χ0) is 17.1. The van der Waals surface area contributed by atoms with Gasteiger partial charge in [-0.3, -0.25) is 15.6 Å². The predicted molar refractivity (Wildman–Crippen MR) is 95.9 cm³/mol. The van der Waals surface area contributed by atoms with Crippen molar-refractivity contribution in [2.75, 3.05) is 5.32 Å². The number of thiocarbonyl (C=S) groups is 1. The van der Waals surface area contributed by atoms with Crippen LogP contribution in [0.4, 0.5) is 5.69 Å². The van der Waals surface area contributed by atoms with Crippen LogP contribution >= 0.6 is 23.8 Å². The number of carbonyl (C=O) groups excluding carboxylic acids is 1. The largest absolute Gasteiger partial charge is 0.466 e. The Morgan fingerprint density at radius 1 is 1.13 bits per heavy atom. The van der Waals surface area contributed by atoms with Gasteiger partial charge in [-0.1, -0.05) is 17.7 Å². The molecule has 0 atom stereocenters.